The molecule has 0 amide bonds. The molecule has 0 aliphatic heterocycles. The summed E-state index contributed by atoms with van der Waals surface area (Å²) in [6.45, 7) is 2.75. The number of hydrogen-bond donors (Lipinski definition) is 1. The van der Waals surface area contributed by atoms with Gasteiger partial charge >= 0.3 is 0 Å². The summed E-state index contributed by atoms with van der Waals surface area (Å²) in [5.41, 5.74) is 0. The van der Waals surface area contributed by atoms with Crippen LogP contribution in [0.25, 0.3) is 0 Å². The van der Waals surface area contributed by atoms with Crippen molar-refractivity contribution in [3.05, 3.63) is 33.9 Å². The molecular formula is C9H10BrClN2. The fourth-order valence-corrected chi connectivity index (χ4v) is 1.60. The number of hydrogen-bond acceptors (Lipinski definition) is 2. The molecule has 0 radical (unpaired) electrons. The average molecular weight is 262 g/mol. The lowest BCUT2D eigenvalue weighted by Crippen LogP contribution is -2.00. The van der Waals surface area contributed by atoms with Gasteiger partial charge in [-0.2, -0.15) is 0 Å². The molecule has 1 heterocycles. The maximum atomic E-state index is 5.74. The van der Waals surface area contributed by atoms with E-state index in [1.807, 2.05) is 25.1 Å². The zero-order valence-corrected chi connectivity index (χ0v) is 9.56. The van der Waals surface area contributed by atoms with Crippen LogP contribution in [0.4, 0.5) is 5.82 Å². The molecule has 0 fully saturated rings. The van der Waals surface area contributed by atoms with Crippen molar-refractivity contribution >= 4 is 33.3 Å². The highest BCUT2D eigenvalue weighted by molar-refractivity contribution is 9.10. The molecule has 0 bridgehead atoms. The number of nitrogens with one attached hydrogen (secondary N) is 1. The van der Waals surface area contributed by atoms with Gasteiger partial charge in [-0.1, -0.05) is 23.8 Å². The topological polar surface area (TPSA) is 24.9 Å². The van der Waals surface area contributed by atoms with Gasteiger partial charge in [0.1, 0.15) is 5.82 Å². The lowest BCUT2D eigenvalue weighted by molar-refractivity contribution is 1.21. The molecule has 1 N–H and O–H groups in total. The van der Waals surface area contributed by atoms with Crippen molar-refractivity contribution in [3.8, 4) is 0 Å². The maximum Gasteiger partial charge on any atom is 0.140 e. The van der Waals surface area contributed by atoms with Gasteiger partial charge in [0, 0.05) is 12.7 Å². The smallest absolute Gasteiger partial charge is 0.140 e. The second-order valence-corrected chi connectivity index (χ2v) is 3.72. The minimum Gasteiger partial charge on any atom is -0.366 e. The van der Waals surface area contributed by atoms with Crippen molar-refractivity contribution < 1.29 is 0 Å². The molecule has 0 spiro atoms. The van der Waals surface area contributed by atoms with Crippen LogP contribution in [0.1, 0.15) is 6.92 Å². The first kappa shape index (κ1) is 10.5. The van der Waals surface area contributed by atoms with E-state index in [0.717, 1.165) is 16.8 Å². The standard InChI is InChI=1S/C9H10BrClN2/c1-2-3-4-12-9-8(10)5-7(11)6-13-9/h2-3,5-6H,4H2,1H3,(H,12,13)/b3-2+. The molecule has 0 saturated heterocycles. The summed E-state index contributed by atoms with van der Waals surface area (Å²) in [7, 11) is 0. The fourth-order valence-electron chi connectivity index (χ4n) is 0.818. The molecule has 0 aromatic carbocycles. The first-order valence-corrected chi connectivity index (χ1v) is 5.07. The fraction of sp³-hybridized carbons (Fsp3) is 0.222. The van der Waals surface area contributed by atoms with Crippen LogP contribution in [0.3, 0.4) is 0 Å². The van der Waals surface area contributed by atoms with Crippen molar-refractivity contribution in [2.45, 2.75) is 6.92 Å². The van der Waals surface area contributed by atoms with E-state index >= 15 is 0 Å². The van der Waals surface area contributed by atoms with Crippen LogP contribution in [0, 0.1) is 0 Å². The predicted molar refractivity (Wildman–Crippen MR) is 60.3 cm³/mol. The van der Waals surface area contributed by atoms with E-state index in [0.29, 0.717) is 5.02 Å². The molecular weight excluding hydrogens is 251 g/mol. The van der Waals surface area contributed by atoms with Gasteiger partial charge in [-0.05, 0) is 28.9 Å². The maximum absolute atomic E-state index is 5.74. The SMILES string of the molecule is C/C=C/CNc1ncc(Cl)cc1Br. The van der Waals surface area contributed by atoms with Crippen molar-refractivity contribution in [2.24, 2.45) is 0 Å². The van der Waals surface area contributed by atoms with Gasteiger partial charge in [-0.3, -0.25) is 0 Å². The van der Waals surface area contributed by atoms with Gasteiger partial charge in [-0.15, -0.1) is 0 Å². The third-order valence-corrected chi connectivity index (χ3v) is 2.24. The Morgan fingerprint density at radius 1 is 1.69 bits per heavy atom. The number of allylic oxidation sites excluding steroid dienone is 1. The van der Waals surface area contributed by atoms with Gasteiger partial charge < -0.3 is 5.32 Å². The highest BCUT2D eigenvalue weighted by Crippen LogP contribution is 2.22. The van der Waals surface area contributed by atoms with Crippen LogP contribution in [0.15, 0.2) is 28.9 Å². The Morgan fingerprint density at radius 2 is 2.46 bits per heavy atom. The van der Waals surface area contributed by atoms with E-state index in [2.05, 4.69) is 26.2 Å². The van der Waals surface area contributed by atoms with Crippen LogP contribution in [0.2, 0.25) is 5.02 Å². The first-order valence-electron chi connectivity index (χ1n) is 3.90. The third kappa shape index (κ3) is 3.36. The van der Waals surface area contributed by atoms with Crippen LogP contribution >= 0.6 is 27.5 Å². The quantitative estimate of drug-likeness (QED) is 0.843. The number of halogens is 2. The van der Waals surface area contributed by atoms with Crippen LogP contribution in [0.5, 0.6) is 0 Å². The lowest BCUT2D eigenvalue weighted by Gasteiger charge is -2.04. The minimum absolute atomic E-state index is 0.628. The molecule has 13 heavy (non-hydrogen) atoms. The largest absolute Gasteiger partial charge is 0.366 e. The van der Waals surface area contributed by atoms with E-state index in [-0.39, 0.29) is 0 Å². The van der Waals surface area contributed by atoms with Crippen LogP contribution < -0.4 is 5.32 Å². The molecule has 0 atom stereocenters. The Morgan fingerprint density at radius 3 is 3.08 bits per heavy atom. The van der Waals surface area contributed by atoms with E-state index in [9.17, 15) is 0 Å². The molecule has 0 saturated carbocycles. The second kappa shape index (κ2) is 5.25. The van der Waals surface area contributed by atoms with E-state index < -0.39 is 0 Å². The van der Waals surface area contributed by atoms with Gasteiger partial charge in [0.05, 0.1) is 9.50 Å². The lowest BCUT2D eigenvalue weighted by atomic mass is 10.4. The van der Waals surface area contributed by atoms with Crippen molar-refractivity contribution in [1.29, 1.82) is 0 Å². The van der Waals surface area contributed by atoms with E-state index in [4.69, 9.17) is 11.6 Å². The van der Waals surface area contributed by atoms with Crippen molar-refractivity contribution in [3.63, 3.8) is 0 Å². The second-order valence-electron chi connectivity index (χ2n) is 2.43. The molecule has 0 aliphatic rings. The number of aromatic nitrogens is 1. The average Bonchev–Trinajstić information content (AvgIpc) is 2.09. The summed E-state index contributed by atoms with van der Waals surface area (Å²) >= 11 is 9.11. The molecule has 70 valence electrons. The number of pyridine rings is 1. The Bertz CT molecular complexity index is 312. The molecule has 0 unspecified atom stereocenters. The van der Waals surface area contributed by atoms with Gasteiger partial charge in [0.2, 0.25) is 0 Å². The first-order chi connectivity index (χ1) is 6.24. The Labute approximate surface area is 91.1 Å². The van der Waals surface area contributed by atoms with E-state index in [1.165, 1.54) is 0 Å². The van der Waals surface area contributed by atoms with Crippen LogP contribution in [-0.4, -0.2) is 11.5 Å². The van der Waals surface area contributed by atoms with Crippen molar-refractivity contribution in [2.75, 3.05) is 11.9 Å². The minimum atomic E-state index is 0.628. The zero-order valence-electron chi connectivity index (χ0n) is 7.22. The summed E-state index contributed by atoms with van der Waals surface area (Å²) in [5, 5.41) is 3.77. The normalized spacial score (nSPS) is 10.7. The molecule has 0 aliphatic carbocycles. The Balaban J connectivity index is 2.66. The van der Waals surface area contributed by atoms with Gasteiger partial charge in [-0.25, -0.2) is 4.98 Å². The highest BCUT2D eigenvalue weighted by Gasteiger charge is 1.99. The predicted octanol–water partition coefficient (Wildman–Crippen LogP) is 3.49. The van der Waals surface area contributed by atoms with Crippen molar-refractivity contribution in [1.82, 2.24) is 4.98 Å². The zero-order chi connectivity index (χ0) is 9.68. The third-order valence-electron chi connectivity index (χ3n) is 1.43. The monoisotopic (exact) mass is 260 g/mol. The van der Waals surface area contributed by atoms with E-state index in [1.54, 1.807) is 6.20 Å². The Hall–Kier alpha value is -0.540. The number of nitrogens with zero attached hydrogens (tertiary/aromatic N) is 1. The van der Waals surface area contributed by atoms with Crippen LogP contribution in [-0.2, 0) is 0 Å². The summed E-state index contributed by atoms with van der Waals surface area (Å²) in [4.78, 5) is 4.13. The highest BCUT2D eigenvalue weighted by atomic mass is 79.9. The summed E-state index contributed by atoms with van der Waals surface area (Å²) in [6.07, 6.45) is 5.61. The number of rotatable bonds is 3. The molecule has 1 rings (SSSR count). The number of anilines is 1. The molecule has 2 nitrogen and oxygen atoms in total. The summed E-state index contributed by atoms with van der Waals surface area (Å²) in [5.74, 6) is 0.808. The van der Waals surface area contributed by atoms with Gasteiger partial charge in [0.15, 0.2) is 0 Å². The van der Waals surface area contributed by atoms with Gasteiger partial charge in [0.25, 0.3) is 0 Å². The summed E-state index contributed by atoms with van der Waals surface area (Å²) in [6, 6.07) is 1.81. The summed E-state index contributed by atoms with van der Waals surface area (Å²) < 4.78 is 0.879. The Kier molecular flexibility index (Phi) is 4.25. The molecule has 1 aromatic heterocycles. The molecule has 1 aromatic rings. The molecule has 4 heteroatoms.